The fraction of sp³-hybridized carbons (Fsp3) is 0.286. The maximum absolute atomic E-state index is 13.5. The van der Waals surface area contributed by atoms with Gasteiger partial charge in [0.2, 0.25) is 0 Å². The van der Waals surface area contributed by atoms with Crippen LogP contribution in [0.2, 0.25) is 0 Å². The Morgan fingerprint density at radius 1 is 1.14 bits per heavy atom. The van der Waals surface area contributed by atoms with E-state index in [1.54, 1.807) is 0 Å². The highest BCUT2D eigenvalue weighted by molar-refractivity contribution is 5.94. The molecule has 0 bridgehead atoms. The molecule has 1 amide bonds. The number of carbonyl (C=O) groups is 2. The third-order valence-corrected chi connectivity index (χ3v) is 4.34. The van der Waals surface area contributed by atoms with Crippen molar-refractivity contribution in [1.29, 1.82) is 0 Å². The second-order valence-corrected chi connectivity index (χ2v) is 6.25. The third-order valence-electron chi connectivity index (χ3n) is 4.34. The van der Waals surface area contributed by atoms with Crippen LogP contribution in [0.5, 0.6) is 0 Å². The molecule has 0 aliphatic heterocycles. The Kier molecular flexibility index (Phi) is 8.42. The highest BCUT2D eigenvalue weighted by atomic mass is 19.3. The number of hydrogen-bond donors (Lipinski definition) is 2. The topological polar surface area (TPSA) is 80.3 Å². The summed E-state index contributed by atoms with van der Waals surface area (Å²) < 4.78 is 31.9. The summed E-state index contributed by atoms with van der Waals surface area (Å²) in [5.74, 6) is -0.881. The van der Waals surface area contributed by atoms with Crippen molar-refractivity contribution >= 4 is 17.4 Å². The fourth-order valence-electron chi connectivity index (χ4n) is 2.82. The number of amides is 1. The van der Waals surface area contributed by atoms with Crippen molar-refractivity contribution in [2.45, 2.75) is 18.9 Å². The van der Waals surface area contributed by atoms with Crippen LogP contribution in [0.25, 0.3) is 5.57 Å². The summed E-state index contributed by atoms with van der Waals surface area (Å²) in [5.41, 5.74) is 1.03. The maximum Gasteiger partial charge on any atom is 0.323 e. The smallest absolute Gasteiger partial charge is 0.323 e. The molecule has 0 aliphatic rings. The summed E-state index contributed by atoms with van der Waals surface area (Å²) in [6, 6.07) is 10.0. The Bertz CT molecular complexity index is 868. The number of carbonyl (C=O) groups excluding carboxylic acids is 2. The van der Waals surface area contributed by atoms with Gasteiger partial charge in [0.25, 0.3) is 12.0 Å². The first-order valence-electron chi connectivity index (χ1n) is 9.03. The van der Waals surface area contributed by atoms with Gasteiger partial charge in [0.1, 0.15) is 6.04 Å². The molecule has 0 aliphatic carbocycles. The quantitative estimate of drug-likeness (QED) is 0.630. The van der Waals surface area contributed by atoms with Crippen LogP contribution >= 0.6 is 0 Å². The predicted molar refractivity (Wildman–Crippen MR) is 105 cm³/mol. The van der Waals surface area contributed by atoms with Gasteiger partial charge >= 0.3 is 5.97 Å². The van der Waals surface area contributed by atoms with Crippen LogP contribution in [-0.2, 0) is 16.0 Å². The second-order valence-electron chi connectivity index (χ2n) is 6.25. The van der Waals surface area contributed by atoms with Crippen molar-refractivity contribution in [3.8, 4) is 0 Å². The number of aromatic nitrogens is 1. The lowest BCUT2D eigenvalue weighted by atomic mass is 10.0. The Hall–Kier alpha value is -3.13. The number of esters is 1. The lowest BCUT2D eigenvalue weighted by molar-refractivity contribution is -0.143. The maximum atomic E-state index is 13.5. The number of methoxy groups -OCH3 is 1. The first kappa shape index (κ1) is 22.2. The van der Waals surface area contributed by atoms with E-state index in [2.05, 4.69) is 15.6 Å². The Morgan fingerprint density at radius 2 is 1.83 bits per heavy atom. The number of halogens is 2. The van der Waals surface area contributed by atoms with Gasteiger partial charge < -0.3 is 15.4 Å². The van der Waals surface area contributed by atoms with Crippen molar-refractivity contribution in [3.05, 3.63) is 71.6 Å². The minimum Gasteiger partial charge on any atom is -0.468 e. The molecule has 1 heterocycles. The molecule has 2 rings (SSSR count). The van der Waals surface area contributed by atoms with Crippen molar-refractivity contribution in [2.24, 2.45) is 0 Å². The van der Waals surface area contributed by atoms with Gasteiger partial charge in [0.15, 0.2) is 0 Å². The zero-order chi connectivity index (χ0) is 21.2. The van der Waals surface area contributed by atoms with E-state index in [9.17, 15) is 18.4 Å². The molecule has 8 heteroatoms. The van der Waals surface area contributed by atoms with Crippen LogP contribution in [0.4, 0.5) is 8.78 Å². The minimum atomic E-state index is -1.86. The van der Waals surface area contributed by atoms with Crippen molar-refractivity contribution in [2.75, 3.05) is 20.7 Å². The monoisotopic (exact) mass is 403 g/mol. The Labute approximate surface area is 168 Å². The van der Waals surface area contributed by atoms with E-state index in [0.29, 0.717) is 6.42 Å². The molecule has 29 heavy (non-hydrogen) atoms. The number of nitrogens with one attached hydrogen (secondary N) is 2. The summed E-state index contributed by atoms with van der Waals surface area (Å²) in [7, 11) is 2.73. The molecule has 0 unspecified atom stereocenters. The average Bonchev–Trinajstić information content (AvgIpc) is 2.75. The van der Waals surface area contributed by atoms with Crippen molar-refractivity contribution in [1.82, 2.24) is 15.6 Å². The molecule has 0 saturated carbocycles. The molecular formula is C21H23F2N3O3. The minimum absolute atomic E-state index is 0.0521. The normalized spacial score (nSPS) is 11.4. The van der Waals surface area contributed by atoms with Gasteiger partial charge in [-0.3, -0.25) is 14.6 Å². The number of hydrogen-bond acceptors (Lipinski definition) is 5. The molecule has 2 N–H and O–H groups in total. The SMILES string of the molecule is CNC(=O)c1cncc(C(CCN[C@@H](Cc2ccccc2)C(=O)OC)=C(F)F)c1. The molecule has 1 aromatic carbocycles. The molecule has 6 nitrogen and oxygen atoms in total. The summed E-state index contributed by atoms with van der Waals surface area (Å²) in [6.45, 7) is 0.115. The molecule has 0 spiro atoms. The lowest BCUT2D eigenvalue weighted by Crippen LogP contribution is -2.40. The first-order valence-corrected chi connectivity index (χ1v) is 9.03. The molecule has 2 aromatic rings. The zero-order valence-corrected chi connectivity index (χ0v) is 16.2. The molecular weight excluding hydrogens is 380 g/mol. The highest BCUT2D eigenvalue weighted by Gasteiger charge is 2.20. The average molecular weight is 403 g/mol. The molecule has 1 atom stereocenters. The lowest BCUT2D eigenvalue weighted by Gasteiger charge is -2.17. The number of nitrogens with zero attached hydrogens (tertiary/aromatic N) is 1. The molecule has 0 radical (unpaired) electrons. The van der Waals surface area contributed by atoms with Crippen LogP contribution in [0.15, 0.2) is 54.9 Å². The number of ether oxygens (including phenoxy) is 1. The van der Waals surface area contributed by atoms with E-state index in [4.69, 9.17) is 4.74 Å². The first-order chi connectivity index (χ1) is 14.0. The van der Waals surface area contributed by atoms with Crippen LogP contribution in [0.1, 0.15) is 27.9 Å². The van der Waals surface area contributed by atoms with E-state index >= 15 is 0 Å². The summed E-state index contributed by atoms with van der Waals surface area (Å²) in [4.78, 5) is 27.6. The van der Waals surface area contributed by atoms with Crippen LogP contribution in [-0.4, -0.2) is 43.6 Å². The number of benzene rings is 1. The Balaban J connectivity index is 2.08. The van der Waals surface area contributed by atoms with Gasteiger partial charge in [-0.15, -0.1) is 0 Å². The van der Waals surface area contributed by atoms with E-state index in [1.807, 2.05) is 30.3 Å². The molecule has 0 saturated heterocycles. The largest absolute Gasteiger partial charge is 0.468 e. The van der Waals surface area contributed by atoms with Crippen molar-refractivity contribution < 1.29 is 23.1 Å². The van der Waals surface area contributed by atoms with Gasteiger partial charge in [0, 0.05) is 37.1 Å². The van der Waals surface area contributed by atoms with E-state index in [-0.39, 0.29) is 29.7 Å². The van der Waals surface area contributed by atoms with Gasteiger partial charge in [-0.25, -0.2) is 0 Å². The molecule has 0 fully saturated rings. The van der Waals surface area contributed by atoms with E-state index in [1.165, 1.54) is 32.6 Å². The standard InChI is InChI=1S/C21H23F2N3O3/c1-24-20(27)16-11-15(12-25-13-16)17(19(22)23)8-9-26-18(21(28)29-2)10-14-6-4-3-5-7-14/h3-7,11-13,18,26H,8-10H2,1-2H3,(H,24,27)/t18-/m0/s1. The fourth-order valence-corrected chi connectivity index (χ4v) is 2.82. The number of pyridine rings is 1. The van der Waals surface area contributed by atoms with Gasteiger partial charge in [0.05, 0.1) is 12.7 Å². The third kappa shape index (κ3) is 6.46. The summed E-state index contributed by atoms with van der Waals surface area (Å²) >= 11 is 0. The van der Waals surface area contributed by atoms with Gasteiger partial charge in [-0.05, 0) is 24.5 Å². The molecule has 154 valence electrons. The van der Waals surface area contributed by atoms with Crippen LogP contribution in [0.3, 0.4) is 0 Å². The van der Waals surface area contributed by atoms with Gasteiger partial charge in [-0.2, -0.15) is 8.78 Å². The van der Waals surface area contributed by atoms with Gasteiger partial charge in [-0.1, -0.05) is 30.3 Å². The highest BCUT2D eigenvalue weighted by Crippen LogP contribution is 2.24. The molecule has 1 aromatic heterocycles. The van der Waals surface area contributed by atoms with E-state index in [0.717, 1.165) is 5.56 Å². The Morgan fingerprint density at radius 3 is 2.45 bits per heavy atom. The van der Waals surface area contributed by atoms with E-state index < -0.39 is 24.0 Å². The predicted octanol–water partition coefficient (Wildman–Crippen LogP) is 2.81. The van der Waals surface area contributed by atoms with Crippen LogP contribution in [0, 0.1) is 0 Å². The summed E-state index contributed by atoms with van der Waals surface area (Å²) in [5, 5.41) is 5.41. The number of rotatable bonds is 9. The zero-order valence-electron chi connectivity index (χ0n) is 16.2. The second kappa shape index (κ2) is 11.0. The van der Waals surface area contributed by atoms with Crippen LogP contribution < -0.4 is 10.6 Å². The van der Waals surface area contributed by atoms with Crippen molar-refractivity contribution in [3.63, 3.8) is 0 Å². The summed E-state index contributed by atoms with van der Waals surface area (Å²) in [6.07, 6.45) is 1.05.